The summed E-state index contributed by atoms with van der Waals surface area (Å²) in [6, 6.07) is 0.175. The van der Waals surface area contributed by atoms with Gasteiger partial charge in [0, 0.05) is 24.8 Å². The van der Waals surface area contributed by atoms with E-state index in [9.17, 15) is 4.79 Å². The third-order valence-corrected chi connectivity index (χ3v) is 3.49. The maximum Gasteiger partial charge on any atom is 0.410 e. The van der Waals surface area contributed by atoms with Crippen LogP contribution in [0.2, 0.25) is 0 Å². The molecule has 1 saturated heterocycles. The number of rotatable bonds is 2. The fourth-order valence-electron chi connectivity index (χ4n) is 2.52. The summed E-state index contributed by atoms with van der Waals surface area (Å²) in [6.45, 7) is 13.0. The van der Waals surface area contributed by atoms with Gasteiger partial charge in [-0.1, -0.05) is 13.8 Å². The third kappa shape index (κ3) is 5.44. The molecule has 23 heavy (non-hydrogen) atoms. The summed E-state index contributed by atoms with van der Waals surface area (Å²) in [7, 11) is 1.62. The van der Waals surface area contributed by atoms with Gasteiger partial charge >= 0.3 is 6.09 Å². The van der Waals surface area contributed by atoms with Crippen molar-refractivity contribution in [3.8, 4) is 5.88 Å². The molecular formula is C17H31N3O3. The lowest BCUT2D eigenvalue weighted by atomic mass is 10.1. The van der Waals surface area contributed by atoms with Crippen LogP contribution in [-0.4, -0.2) is 46.6 Å². The van der Waals surface area contributed by atoms with Crippen molar-refractivity contribution in [2.75, 3.05) is 20.2 Å². The second-order valence-corrected chi connectivity index (χ2v) is 6.52. The molecule has 0 N–H and O–H groups in total. The van der Waals surface area contributed by atoms with E-state index in [0.717, 1.165) is 24.9 Å². The predicted octanol–water partition coefficient (Wildman–Crippen LogP) is 3.80. The Bertz CT molecular complexity index is 506. The van der Waals surface area contributed by atoms with Gasteiger partial charge in [-0.15, -0.1) is 5.10 Å². The van der Waals surface area contributed by atoms with Gasteiger partial charge in [-0.2, -0.15) is 0 Å². The van der Waals surface area contributed by atoms with Gasteiger partial charge in [0.2, 0.25) is 5.88 Å². The van der Waals surface area contributed by atoms with Crippen LogP contribution in [0.25, 0.3) is 0 Å². The van der Waals surface area contributed by atoms with E-state index in [0.29, 0.717) is 12.4 Å². The van der Waals surface area contributed by atoms with Gasteiger partial charge in [-0.3, -0.25) is 4.68 Å². The molecule has 1 atom stereocenters. The molecule has 6 heteroatoms. The van der Waals surface area contributed by atoms with Crippen LogP contribution in [0.4, 0.5) is 4.79 Å². The normalized spacial score (nSPS) is 18.0. The van der Waals surface area contributed by atoms with Crippen LogP contribution >= 0.6 is 0 Å². The molecule has 2 rings (SSSR count). The average Bonchev–Trinajstić information content (AvgIpc) is 2.89. The van der Waals surface area contributed by atoms with Crippen LogP contribution < -0.4 is 4.74 Å². The highest BCUT2D eigenvalue weighted by atomic mass is 16.6. The minimum absolute atomic E-state index is 0.175. The summed E-state index contributed by atoms with van der Waals surface area (Å²) in [6.07, 6.45) is 3.68. The van der Waals surface area contributed by atoms with Crippen molar-refractivity contribution >= 4 is 6.09 Å². The number of hydrogen-bond donors (Lipinski definition) is 0. The number of nitrogens with zero attached hydrogens (tertiary/aromatic N) is 3. The molecule has 1 amide bonds. The number of likely N-dealkylation sites (tertiary alicyclic amines) is 1. The molecule has 6 nitrogen and oxygen atoms in total. The zero-order valence-corrected chi connectivity index (χ0v) is 15.5. The highest BCUT2D eigenvalue weighted by Crippen LogP contribution is 2.25. The molecule has 0 bridgehead atoms. The topological polar surface area (TPSA) is 56.6 Å². The number of carbonyl (C=O) groups is 1. The van der Waals surface area contributed by atoms with Crippen molar-refractivity contribution in [1.82, 2.24) is 14.7 Å². The summed E-state index contributed by atoms with van der Waals surface area (Å²) in [5.74, 6) is 0.643. The zero-order valence-electron chi connectivity index (χ0n) is 15.5. The zero-order chi connectivity index (χ0) is 17.6. The average molecular weight is 325 g/mol. The second-order valence-electron chi connectivity index (χ2n) is 6.52. The van der Waals surface area contributed by atoms with E-state index in [1.165, 1.54) is 0 Å². The Balaban J connectivity index is 0.00000127. The molecular weight excluding hydrogens is 294 g/mol. The Labute approximate surface area is 139 Å². The second kappa shape index (κ2) is 8.22. The molecule has 1 aliphatic heterocycles. The highest BCUT2D eigenvalue weighted by molar-refractivity contribution is 5.68. The Hall–Kier alpha value is -1.72. The van der Waals surface area contributed by atoms with E-state index in [1.54, 1.807) is 12.0 Å². The first-order valence-electron chi connectivity index (χ1n) is 8.38. The number of hydrogen-bond acceptors (Lipinski definition) is 4. The lowest BCUT2D eigenvalue weighted by molar-refractivity contribution is 0.0167. The van der Waals surface area contributed by atoms with E-state index in [1.807, 2.05) is 52.4 Å². The minimum atomic E-state index is -0.463. The third-order valence-electron chi connectivity index (χ3n) is 3.49. The first kappa shape index (κ1) is 19.3. The molecule has 0 saturated carbocycles. The van der Waals surface area contributed by atoms with Crippen LogP contribution in [0.1, 0.15) is 59.1 Å². The smallest absolute Gasteiger partial charge is 0.410 e. The van der Waals surface area contributed by atoms with E-state index in [-0.39, 0.29) is 12.1 Å². The monoisotopic (exact) mass is 325 g/mol. The molecule has 132 valence electrons. The van der Waals surface area contributed by atoms with Crippen LogP contribution in [0.15, 0.2) is 6.20 Å². The van der Waals surface area contributed by atoms with Crippen LogP contribution in [0.3, 0.4) is 0 Å². The molecule has 1 aromatic heterocycles. The lowest BCUT2D eigenvalue weighted by Gasteiger charge is -2.34. The fourth-order valence-corrected chi connectivity index (χ4v) is 2.52. The van der Waals surface area contributed by atoms with Gasteiger partial charge in [0.1, 0.15) is 5.60 Å². The molecule has 1 aromatic rings. The van der Waals surface area contributed by atoms with Crippen molar-refractivity contribution in [1.29, 1.82) is 0 Å². The maximum absolute atomic E-state index is 12.2. The van der Waals surface area contributed by atoms with Gasteiger partial charge in [0.15, 0.2) is 0 Å². The quantitative estimate of drug-likeness (QED) is 0.830. The Morgan fingerprint density at radius 1 is 1.35 bits per heavy atom. The van der Waals surface area contributed by atoms with Gasteiger partial charge in [0.25, 0.3) is 0 Å². The van der Waals surface area contributed by atoms with Crippen LogP contribution in [0, 0.1) is 6.92 Å². The molecule has 2 heterocycles. The number of aryl methyl sites for hydroxylation is 1. The Morgan fingerprint density at radius 2 is 2.00 bits per heavy atom. The van der Waals surface area contributed by atoms with Crippen molar-refractivity contribution in [3.05, 3.63) is 11.8 Å². The highest BCUT2D eigenvalue weighted by Gasteiger charge is 2.29. The molecule has 0 spiro atoms. The maximum atomic E-state index is 12.2. The van der Waals surface area contributed by atoms with E-state index in [4.69, 9.17) is 9.47 Å². The number of aromatic nitrogens is 2. The van der Waals surface area contributed by atoms with E-state index < -0.39 is 5.60 Å². The number of amides is 1. The number of methoxy groups -OCH3 is 1. The van der Waals surface area contributed by atoms with E-state index in [2.05, 4.69) is 5.10 Å². The molecule has 1 fully saturated rings. The van der Waals surface area contributed by atoms with Crippen molar-refractivity contribution in [2.45, 2.75) is 66.0 Å². The van der Waals surface area contributed by atoms with Gasteiger partial charge < -0.3 is 14.4 Å². The summed E-state index contributed by atoms with van der Waals surface area (Å²) >= 11 is 0. The first-order valence-corrected chi connectivity index (χ1v) is 8.38. The summed E-state index contributed by atoms with van der Waals surface area (Å²) < 4.78 is 12.6. The Morgan fingerprint density at radius 3 is 2.52 bits per heavy atom. The molecule has 1 aliphatic rings. The number of piperidine rings is 1. The first-order chi connectivity index (χ1) is 10.8. The fraction of sp³-hybridized carbons (Fsp3) is 0.765. The standard InChI is InChI=1S/C15H25N3O3.C2H6/c1-11-9-18(16-13(11)20-5)12-7-6-8-17(10-12)14(19)21-15(2,3)4;1-2/h9,12H,6-8,10H2,1-5H3;1-2H3. The summed E-state index contributed by atoms with van der Waals surface area (Å²) in [5, 5.41) is 4.44. The predicted molar refractivity (Wildman–Crippen MR) is 90.9 cm³/mol. The number of ether oxygens (including phenoxy) is 2. The van der Waals surface area contributed by atoms with Crippen molar-refractivity contribution in [2.24, 2.45) is 0 Å². The Kier molecular flexibility index (Phi) is 6.91. The SMILES string of the molecule is CC.COc1nn(C2CCCN(C(=O)OC(C)(C)C)C2)cc1C. The van der Waals surface area contributed by atoms with Crippen molar-refractivity contribution in [3.63, 3.8) is 0 Å². The molecule has 1 unspecified atom stereocenters. The van der Waals surface area contributed by atoms with E-state index >= 15 is 0 Å². The van der Waals surface area contributed by atoms with Crippen LogP contribution in [0.5, 0.6) is 5.88 Å². The molecule has 0 aromatic carbocycles. The van der Waals surface area contributed by atoms with Crippen LogP contribution in [-0.2, 0) is 4.74 Å². The van der Waals surface area contributed by atoms with Gasteiger partial charge in [-0.05, 0) is 40.5 Å². The number of carbonyl (C=O) groups excluding carboxylic acids is 1. The largest absolute Gasteiger partial charge is 0.480 e. The molecule has 0 radical (unpaired) electrons. The summed E-state index contributed by atoms with van der Waals surface area (Å²) in [4.78, 5) is 13.9. The summed E-state index contributed by atoms with van der Waals surface area (Å²) in [5.41, 5.74) is 0.544. The van der Waals surface area contributed by atoms with Gasteiger partial charge in [0.05, 0.1) is 13.2 Å². The van der Waals surface area contributed by atoms with Gasteiger partial charge in [-0.25, -0.2) is 4.79 Å². The lowest BCUT2D eigenvalue weighted by Crippen LogP contribution is -2.43. The van der Waals surface area contributed by atoms with Crippen molar-refractivity contribution < 1.29 is 14.3 Å². The minimum Gasteiger partial charge on any atom is -0.480 e. The molecule has 0 aliphatic carbocycles.